The first kappa shape index (κ1) is 19.7. The first-order valence-electron chi connectivity index (χ1n) is 9.65. The average Bonchev–Trinajstić information content (AvgIpc) is 3.09. The fraction of sp³-hybridized carbons (Fsp3) is 0.333. The molecule has 0 bridgehead atoms. The minimum atomic E-state index is -0.516. The van der Waals surface area contributed by atoms with Gasteiger partial charge in [0.1, 0.15) is 11.4 Å². The molecule has 0 radical (unpaired) electrons. The zero-order valence-electron chi connectivity index (χ0n) is 17.1. The number of anilines is 1. The van der Waals surface area contributed by atoms with Gasteiger partial charge in [-0.2, -0.15) is 5.10 Å². The molecule has 30 heavy (non-hydrogen) atoms. The molecule has 1 saturated heterocycles. The number of carbonyl (C=O) groups excluding carboxylic acids is 1. The second-order valence-electron chi connectivity index (χ2n) is 8.29. The summed E-state index contributed by atoms with van der Waals surface area (Å²) in [5.41, 5.74) is 8.09. The molecular weight excluding hydrogens is 384 g/mol. The summed E-state index contributed by atoms with van der Waals surface area (Å²) in [5.74, 6) is 0.396. The van der Waals surface area contributed by atoms with Crippen molar-refractivity contribution in [1.82, 2.24) is 24.9 Å². The van der Waals surface area contributed by atoms with E-state index in [-0.39, 0.29) is 23.7 Å². The normalized spacial score (nSPS) is 14.4. The van der Waals surface area contributed by atoms with E-state index in [1.165, 1.54) is 0 Å². The van der Waals surface area contributed by atoms with Crippen LogP contribution in [0.1, 0.15) is 26.8 Å². The Hall–Kier alpha value is -3.62. The highest BCUT2D eigenvalue weighted by atomic mass is 16.6. The largest absolute Gasteiger partial charge is 0.507 e. The van der Waals surface area contributed by atoms with Crippen molar-refractivity contribution in [2.75, 3.05) is 18.8 Å². The standard InChI is InChI=1S/C21H24N6O3/c1-21(2,3)30-20(29)26-11-14(12-26)27-10-13(9-23-27)16-8-17(24-25-19(16)22)15-6-4-5-7-18(15)28/h4-10,14,28H,11-12H2,1-3H3,(H2,22,25). The predicted molar refractivity (Wildman–Crippen MR) is 112 cm³/mol. The maximum atomic E-state index is 12.1. The lowest BCUT2D eigenvalue weighted by Crippen LogP contribution is -2.52. The van der Waals surface area contributed by atoms with Gasteiger partial charge in [-0.3, -0.25) is 4.68 Å². The Morgan fingerprint density at radius 1 is 1.20 bits per heavy atom. The molecule has 4 rings (SSSR count). The van der Waals surface area contributed by atoms with Crippen molar-refractivity contribution in [2.45, 2.75) is 32.4 Å². The molecule has 0 atom stereocenters. The minimum Gasteiger partial charge on any atom is -0.507 e. The van der Waals surface area contributed by atoms with Crippen molar-refractivity contribution >= 4 is 11.9 Å². The van der Waals surface area contributed by atoms with Crippen LogP contribution in [-0.4, -0.2) is 54.8 Å². The molecule has 3 aromatic rings. The molecule has 3 heterocycles. The number of ether oxygens (including phenoxy) is 1. The van der Waals surface area contributed by atoms with Gasteiger partial charge < -0.3 is 20.5 Å². The molecule has 3 N–H and O–H groups in total. The smallest absolute Gasteiger partial charge is 0.410 e. The summed E-state index contributed by atoms with van der Waals surface area (Å²) in [7, 11) is 0. The molecule has 1 aliphatic rings. The number of aromatic nitrogens is 4. The second kappa shape index (κ2) is 7.33. The van der Waals surface area contributed by atoms with E-state index in [2.05, 4.69) is 15.3 Å². The summed E-state index contributed by atoms with van der Waals surface area (Å²) in [6.07, 6.45) is 3.26. The summed E-state index contributed by atoms with van der Waals surface area (Å²) in [6.45, 7) is 6.60. The van der Waals surface area contributed by atoms with Gasteiger partial charge in [0.25, 0.3) is 0 Å². The molecule has 0 spiro atoms. The topological polar surface area (TPSA) is 119 Å². The lowest BCUT2D eigenvalue weighted by molar-refractivity contribution is -0.000382. The van der Waals surface area contributed by atoms with Gasteiger partial charge in [-0.15, -0.1) is 10.2 Å². The molecule has 9 nitrogen and oxygen atoms in total. The van der Waals surface area contributed by atoms with Crippen LogP contribution < -0.4 is 5.73 Å². The van der Waals surface area contributed by atoms with Crippen LogP contribution in [0.3, 0.4) is 0 Å². The number of hydrogen-bond donors (Lipinski definition) is 2. The molecule has 0 saturated carbocycles. The van der Waals surface area contributed by atoms with Crippen molar-refractivity contribution in [3.63, 3.8) is 0 Å². The zero-order chi connectivity index (χ0) is 21.5. The molecule has 0 aliphatic carbocycles. The number of nitrogens with two attached hydrogens (primary N) is 1. The zero-order valence-corrected chi connectivity index (χ0v) is 17.1. The monoisotopic (exact) mass is 408 g/mol. The van der Waals surface area contributed by atoms with Crippen molar-refractivity contribution in [1.29, 1.82) is 0 Å². The van der Waals surface area contributed by atoms with Gasteiger partial charge in [-0.25, -0.2) is 4.79 Å². The number of amides is 1. The molecular formula is C21H24N6O3. The number of nitrogens with zero attached hydrogens (tertiary/aromatic N) is 5. The Balaban J connectivity index is 1.51. The number of phenolic OH excluding ortho intramolecular Hbond substituents is 1. The van der Waals surface area contributed by atoms with Crippen LogP contribution in [0.5, 0.6) is 5.75 Å². The minimum absolute atomic E-state index is 0.0694. The number of phenols is 1. The number of hydrogen-bond acceptors (Lipinski definition) is 7. The maximum absolute atomic E-state index is 12.1. The van der Waals surface area contributed by atoms with E-state index < -0.39 is 5.60 Å². The summed E-state index contributed by atoms with van der Waals surface area (Å²) < 4.78 is 7.20. The van der Waals surface area contributed by atoms with Crippen molar-refractivity contribution in [3.8, 4) is 28.1 Å². The van der Waals surface area contributed by atoms with E-state index in [4.69, 9.17) is 10.5 Å². The van der Waals surface area contributed by atoms with Crippen molar-refractivity contribution in [3.05, 3.63) is 42.7 Å². The number of likely N-dealkylation sites (tertiary alicyclic amines) is 1. The maximum Gasteiger partial charge on any atom is 0.410 e. The molecule has 156 valence electrons. The fourth-order valence-corrected chi connectivity index (χ4v) is 3.23. The van der Waals surface area contributed by atoms with Gasteiger partial charge in [0.15, 0.2) is 5.82 Å². The van der Waals surface area contributed by atoms with E-state index in [9.17, 15) is 9.90 Å². The van der Waals surface area contributed by atoms with Crippen LogP contribution in [0, 0.1) is 0 Å². The van der Waals surface area contributed by atoms with Crippen LogP contribution >= 0.6 is 0 Å². The molecule has 0 unspecified atom stereocenters. The first-order chi connectivity index (χ1) is 14.2. The first-order valence-corrected chi connectivity index (χ1v) is 9.65. The number of carbonyl (C=O) groups is 1. The van der Waals surface area contributed by atoms with Gasteiger partial charge in [0.05, 0.1) is 17.9 Å². The highest BCUT2D eigenvalue weighted by molar-refractivity contribution is 5.78. The summed E-state index contributed by atoms with van der Waals surface area (Å²) in [6, 6.07) is 8.78. The van der Waals surface area contributed by atoms with E-state index in [1.54, 1.807) is 35.4 Å². The predicted octanol–water partition coefficient (Wildman–Crippen LogP) is 3.09. The Labute approximate surface area is 174 Å². The van der Waals surface area contributed by atoms with Crippen LogP contribution in [0.15, 0.2) is 42.7 Å². The SMILES string of the molecule is CC(C)(C)OC(=O)N1CC(n2cc(-c3cc(-c4ccccc4O)nnc3N)cn2)C1. The number of para-hydroxylation sites is 1. The van der Waals surface area contributed by atoms with Crippen LogP contribution in [-0.2, 0) is 4.74 Å². The third kappa shape index (κ3) is 3.91. The number of rotatable bonds is 3. The molecule has 2 aromatic heterocycles. The van der Waals surface area contributed by atoms with E-state index in [0.717, 1.165) is 5.56 Å². The van der Waals surface area contributed by atoms with Crippen LogP contribution in [0.4, 0.5) is 10.6 Å². The summed E-state index contributed by atoms with van der Waals surface area (Å²) in [5, 5.41) is 22.7. The van der Waals surface area contributed by atoms with Gasteiger partial charge in [0, 0.05) is 36.0 Å². The average molecular weight is 408 g/mol. The summed E-state index contributed by atoms with van der Waals surface area (Å²) >= 11 is 0. The van der Waals surface area contributed by atoms with Crippen LogP contribution in [0.2, 0.25) is 0 Å². The Kier molecular flexibility index (Phi) is 4.81. The van der Waals surface area contributed by atoms with Gasteiger partial charge >= 0.3 is 6.09 Å². The third-order valence-electron chi connectivity index (χ3n) is 4.80. The highest BCUT2D eigenvalue weighted by Crippen LogP contribution is 2.33. The Bertz CT molecular complexity index is 1080. The summed E-state index contributed by atoms with van der Waals surface area (Å²) in [4.78, 5) is 13.8. The van der Waals surface area contributed by atoms with E-state index in [1.807, 2.05) is 37.7 Å². The number of nitrogen functional groups attached to an aromatic ring is 1. The Morgan fingerprint density at radius 3 is 2.63 bits per heavy atom. The quantitative estimate of drug-likeness (QED) is 0.683. The van der Waals surface area contributed by atoms with Crippen molar-refractivity contribution in [2.24, 2.45) is 0 Å². The molecule has 1 amide bonds. The molecule has 1 fully saturated rings. The Morgan fingerprint density at radius 2 is 1.93 bits per heavy atom. The van der Waals surface area contributed by atoms with Crippen LogP contribution in [0.25, 0.3) is 22.4 Å². The lowest BCUT2D eigenvalue weighted by atomic mass is 10.1. The highest BCUT2D eigenvalue weighted by Gasteiger charge is 2.35. The molecule has 1 aromatic carbocycles. The third-order valence-corrected chi connectivity index (χ3v) is 4.80. The molecule has 9 heteroatoms. The number of benzene rings is 1. The fourth-order valence-electron chi connectivity index (χ4n) is 3.23. The van der Waals surface area contributed by atoms with E-state index >= 15 is 0 Å². The number of aromatic hydroxyl groups is 1. The van der Waals surface area contributed by atoms with Gasteiger partial charge in [-0.1, -0.05) is 12.1 Å². The molecule has 1 aliphatic heterocycles. The van der Waals surface area contributed by atoms with Gasteiger partial charge in [-0.05, 0) is 39.0 Å². The second-order valence-corrected chi connectivity index (χ2v) is 8.29. The van der Waals surface area contributed by atoms with Gasteiger partial charge in [0.2, 0.25) is 0 Å². The van der Waals surface area contributed by atoms with Crippen molar-refractivity contribution < 1.29 is 14.6 Å². The van der Waals surface area contributed by atoms with E-state index in [0.29, 0.717) is 29.9 Å². The lowest BCUT2D eigenvalue weighted by Gasteiger charge is -2.39.